The highest BCUT2D eigenvalue weighted by molar-refractivity contribution is 5.94. The van der Waals surface area contributed by atoms with Crippen LogP contribution in [0.25, 0.3) is 22.0 Å². The first-order chi connectivity index (χ1) is 11.5. The van der Waals surface area contributed by atoms with Gasteiger partial charge in [0.2, 0.25) is 5.43 Å². The number of carbonyl (C=O) groups is 1. The highest BCUT2D eigenvalue weighted by Crippen LogP contribution is 2.30. The van der Waals surface area contributed by atoms with E-state index >= 15 is 0 Å². The Morgan fingerprint density at radius 1 is 1.29 bits per heavy atom. The minimum atomic E-state index is -1.45. The summed E-state index contributed by atoms with van der Waals surface area (Å²) < 4.78 is 30.7. The second-order valence-electron chi connectivity index (χ2n) is 5.03. The van der Waals surface area contributed by atoms with Crippen LogP contribution in [-0.4, -0.2) is 25.6 Å². The summed E-state index contributed by atoms with van der Waals surface area (Å²) in [7, 11) is 0. The van der Waals surface area contributed by atoms with Crippen LogP contribution < -0.4 is 5.43 Å². The lowest BCUT2D eigenvalue weighted by molar-refractivity contribution is 0.0695. The van der Waals surface area contributed by atoms with E-state index in [2.05, 4.69) is 9.97 Å². The van der Waals surface area contributed by atoms with Gasteiger partial charge in [-0.1, -0.05) is 0 Å². The Kier molecular flexibility index (Phi) is 3.80. The molecule has 0 saturated carbocycles. The molecular weight excluding hydrogens is 320 g/mol. The van der Waals surface area contributed by atoms with Crippen molar-refractivity contribution < 1.29 is 18.7 Å². The van der Waals surface area contributed by atoms with Gasteiger partial charge in [0.25, 0.3) is 0 Å². The molecule has 0 atom stereocenters. The quantitative estimate of drug-likeness (QED) is 0.797. The summed E-state index contributed by atoms with van der Waals surface area (Å²) in [5.41, 5.74) is -1.89. The second-order valence-corrected chi connectivity index (χ2v) is 5.03. The standard InChI is InChI=1S/C16H11F2N3O3/c1-2-21-6-10(16(23)24)15(22)9-3-11(17)12(13(18)14(9)21)8-4-19-7-20-5-8/h3-7H,2H2,1H3,(H,23,24). The third-order valence-electron chi connectivity index (χ3n) is 3.67. The molecule has 0 unspecified atom stereocenters. The maximum absolute atomic E-state index is 15.0. The zero-order chi connectivity index (χ0) is 17.4. The number of aryl methyl sites for hydroxylation is 1. The summed E-state index contributed by atoms with van der Waals surface area (Å²) in [4.78, 5) is 30.9. The molecule has 0 aliphatic rings. The number of pyridine rings is 1. The normalized spacial score (nSPS) is 11.0. The van der Waals surface area contributed by atoms with Crippen molar-refractivity contribution in [1.29, 1.82) is 0 Å². The average molecular weight is 331 g/mol. The number of hydrogen-bond donors (Lipinski definition) is 1. The van der Waals surface area contributed by atoms with Crippen molar-refractivity contribution in [2.24, 2.45) is 0 Å². The number of aromatic carboxylic acids is 1. The maximum atomic E-state index is 15.0. The van der Waals surface area contributed by atoms with E-state index in [0.717, 1.165) is 12.3 Å². The molecule has 0 spiro atoms. The molecule has 24 heavy (non-hydrogen) atoms. The summed E-state index contributed by atoms with van der Waals surface area (Å²) in [5, 5.41) is 8.77. The topological polar surface area (TPSA) is 85.1 Å². The van der Waals surface area contributed by atoms with Crippen molar-refractivity contribution in [2.45, 2.75) is 13.5 Å². The maximum Gasteiger partial charge on any atom is 0.341 e. The zero-order valence-electron chi connectivity index (χ0n) is 12.5. The van der Waals surface area contributed by atoms with Gasteiger partial charge in [0.15, 0.2) is 5.82 Å². The van der Waals surface area contributed by atoms with Crippen LogP contribution in [0.3, 0.4) is 0 Å². The van der Waals surface area contributed by atoms with E-state index in [4.69, 9.17) is 5.11 Å². The molecule has 2 heterocycles. The highest BCUT2D eigenvalue weighted by atomic mass is 19.1. The highest BCUT2D eigenvalue weighted by Gasteiger charge is 2.22. The van der Waals surface area contributed by atoms with Crippen molar-refractivity contribution in [1.82, 2.24) is 14.5 Å². The summed E-state index contributed by atoms with van der Waals surface area (Å²) in [6.07, 6.45) is 4.78. The van der Waals surface area contributed by atoms with Crippen molar-refractivity contribution in [3.8, 4) is 11.1 Å². The van der Waals surface area contributed by atoms with Crippen LogP contribution in [0.15, 0.2) is 35.8 Å². The number of benzene rings is 1. The van der Waals surface area contributed by atoms with Gasteiger partial charge in [0.1, 0.15) is 17.7 Å². The zero-order valence-corrected chi connectivity index (χ0v) is 12.5. The molecule has 1 aromatic carbocycles. The molecule has 0 radical (unpaired) electrons. The first kappa shape index (κ1) is 15.7. The first-order valence-corrected chi connectivity index (χ1v) is 6.99. The Morgan fingerprint density at radius 2 is 1.96 bits per heavy atom. The van der Waals surface area contributed by atoms with Crippen LogP contribution >= 0.6 is 0 Å². The lowest BCUT2D eigenvalue weighted by atomic mass is 10.0. The number of aromatic nitrogens is 3. The van der Waals surface area contributed by atoms with E-state index in [1.54, 1.807) is 6.92 Å². The fourth-order valence-corrected chi connectivity index (χ4v) is 2.58. The van der Waals surface area contributed by atoms with Gasteiger partial charge in [0, 0.05) is 30.7 Å². The summed E-state index contributed by atoms with van der Waals surface area (Å²) in [6.45, 7) is 1.86. The molecule has 8 heteroatoms. The molecule has 0 fully saturated rings. The van der Waals surface area contributed by atoms with Crippen LogP contribution in [0.1, 0.15) is 17.3 Å². The Labute approximate surface area is 134 Å². The van der Waals surface area contributed by atoms with Crippen LogP contribution in [0.2, 0.25) is 0 Å². The molecular formula is C16H11F2N3O3. The Hall–Kier alpha value is -3.16. The molecule has 0 bridgehead atoms. The van der Waals surface area contributed by atoms with E-state index in [1.807, 2.05) is 0 Å². The lowest BCUT2D eigenvalue weighted by Gasteiger charge is -2.14. The van der Waals surface area contributed by atoms with E-state index in [-0.39, 0.29) is 28.6 Å². The fraction of sp³-hybridized carbons (Fsp3) is 0.125. The van der Waals surface area contributed by atoms with Crippen molar-refractivity contribution in [3.63, 3.8) is 0 Å². The molecule has 0 amide bonds. The second kappa shape index (κ2) is 5.80. The third-order valence-corrected chi connectivity index (χ3v) is 3.67. The fourth-order valence-electron chi connectivity index (χ4n) is 2.58. The summed E-state index contributed by atoms with van der Waals surface area (Å²) in [5.74, 6) is -3.40. The minimum Gasteiger partial charge on any atom is -0.477 e. The molecule has 2 aromatic heterocycles. The monoisotopic (exact) mass is 331 g/mol. The molecule has 3 aromatic rings. The van der Waals surface area contributed by atoms with E-state index < -0.39 is 28.6 Å². The van der Waals surface area contributed by atoms with Gasteiger partial charge in [-0.3, -0.25) is 4.79 Å². The van der Waals surface area contributed by atoms with Gasteiger partial charge in [0.05, 0.1) is 16.5 Å². The van der Waals surface area contributed by atoms with Crippen LogP contribution in [0.4, 0.5) is 8.78 Å². The largest absolute Gasteiger partial charge is 0.477 e. The minimum absolute atomic E-state index is 0.117. The van der Waals surface area contributed by atoms with Gasteiger partial charge in [-0.25, -0.2) is 23.5 Å². The smallest absolute Gasteiger partial charge is 0.341 e. The molecule has 0 aliphatic carbocycles. The molecule has 0 saturated heterocycles. The molecule has 6 nitrogen and oxygen atoms in total. The number of carboxylic acid groups (broad SMARTS) is 1. The van der Waals surface area contributed by atoms with Gasteiger partial charge >= 0.3 is 5.97 Å². The van der Waals surface area contributed by atoms with Crippen LogP contribution in [0.5, 0.6) is 0 Å². The van der Waals surface area contributed by atoms with Crippen LogP contribution in [0, 0.1) is 11.6 Å². The van der Waals surface area contributed by atoms with Gasteiger partial charge < -0.3 is 9.67 Å². The van der Waals surface area contributed by atoms with Crippen molar-refractivity contribution in [2.75, 3.05) is 0 Å². The van der Waals surface area contributed by atoms with Crippen LogP contribution in [-0.2, 0) is 6.54 Å². The summed E-state index contributed by atoms with van der Waals surface area (Å²) in [6, 6.07) is 0.849. The molecule has 3 rings (SSSR count). The van der Waals surface area contributed by atoms with E-state index in [0.29, 0.717) is 0 Å². The Balaban J connectivity index is 2.48. The lowest BCUT2D eigenvalue weighted by Crippen LogP contribution is -2.20. The first-order valence-electron chi connectivity index (χ1n) is 6.99. The number of hydrogen-bond acceptors (Lipinski definition) is 4. The van der Waals surface area contributed by atoms with Gasteiger partial charge in [-0.15, -0.1) is 0 Å². The molecule has 122 valence electrons. The summed E-state index contributed by atoms with van der Waals surface area (Å²) >= 11 is 0. The third kappa shape index (κ3) is 2.32. The number of carboxylic acids is 1. The SMILES string of the molecule is CCn1cc(C(=O)O)c(=O)c2cc(F)c(-c3cncnc3)c(F)c21. The van der Waals surface area contributed by atoms with Gasteiger partial charge in [-0.05, 0) is 13.0 Å². The molecule has 0 aliphatic heterocycles. The number of fused-ring (bicyclic) bond motifs is 1. The Bertz CT molecular complexity index is 1020. The molecule has 1 N–H and O–H groups in total. The number of halogens is 2. The number of nitrogens with zero attached hydrogens (tertiary/aromatic N) is 3. The Morgan fingerprint density at radius 3 is 2.54 bits per heavy atom. The number of rotatable bonds is 3. The van der Waals surface area contributed by atoms with Crippen molar-refractivity contribution in [3.05, 3.63) is 58.4 Å². The van der Waals surface area contributed by atoms with Gasteiger partial charge in [-0.2, -0.15) is 0 Å². The van der Waals surface area contributed by atoms with E-state index in [1.165, 1.54) is 23.3 Å². The van der Waals surface area contributed by atoms with Crippen molar-refractivity contribution >= 4 is 16.9 Å². The average Bonchev–Trinajstić information content (AvgIpc) is 2.56. The predicted molar refractivity (Wildman–Crippen MR) is 81.8 cm³/mol. The van der Waals surface area contributed by atoms with E-state index in [9.17, 15) is 18.4 Å². The predicted octanol–water partition coefficient (Wildman–Crippen LogP) is 2.45.